The Balaban J connectivity index is 1.83. The summed E-state index contributed by atoms with van der Waals surface area (Å²) >= 11 is 1.73. The molecule has 1 atom stereocenters. The van der Waals surface area contributed by atoms with E-state index in [1.807, 2.05) is 0 Å². The fourth-order valence-corrected chi connectivity index (χ4v) is 3.02. The van der Waals surface area contributed by atoms with Crippen LogP contribution in [0.1, 0.15) is 44.6 Å². The van der Waals surface area contributed by atoms with Gasteiger partial charge in [0, 0.05) is 13.1 Å². The first-order chi connectivity index (χ1) is 9.63. The van der Waals surface area contributed by atoms with E-state index in [-0.39, 0.29) is 0 Å². The molecule has 0 bridgehead atoms. The highest BCUT2D eigenvalue weighted by Gasteiger charge is 2.34. The number of hydrogen-bond acceptors (Lipinski definition) is 3. The number of nitrogens with zero attached hydrogens (tertiary/aromatic N) is 1. The van der Waals surface area contributed by atoms with E-state index in [0.29, 0.717) is 12.5 Å². The van der Waals surface area contributed by atoms with E-state index < -0.39 is 5.60 Å². The Morgan fingerprint density at radius 3 is 2.85 bits per heavy atom. The van der Waals surface area contributed by atoms with Crippen LogP contribution in [0.15, 0.2) is 21.8 Å². The maximum absolute atomic E-state index is 10.1. The van der Waals surface area contributed by atoms with Gasteiger partial charge in [0.15, 0.2) is 5.96 Å². The predicted molar refractivity (Wildman–Crippen MR) is 85.5 cm³/mol. The molecule has 0 amide bonds. The fraction of sp³-hybridized carbons (Fsp3) is 0.667. The van der Waals surface area contributed by atoms with E-state index in [0.717, 1.165) is 38.3 Å². The topological polar surface area (TPSA) is 56.7 Å². The van der Waals surface area contributed by atoms with Gasteiger partial charge in [-0.2, -0.15) is 11.3 Å². The molecule has 2 rings (SSSR count). The number of hydrogen-bond donors (Lipinski definition) is 3. The van der Waals surface area contributed by atoms with Crippen LogP contribution in [0.25, 0.3) is 0 Å². The van der Waals surface area contributed by atoms with Crippen molar-refractivity contribution in [3.63, 3.8) is 0 Å². The van der Waals surface area contributed by atoms with Gasteiger partial charge >= 0.3 is 0 Å². The molecule has 1 heterocycles. The minimum Gasteiger partial charge on any atom is -0.388 e. The molecular weight excluding hydrogens is 270 g/mol. The number of guanidine groups is 1. The van der Waals surface area contributed by atoms with Crippen molar-refractivity contribution in [3.05, 3.63) is 22.4 Å². The molecule has 1 aliphatic carbocycles. The van der Waals surface area contributed by atoms with Gasteiger partial charge in [-0.25, -0.2) is 0 Å². The van der Waals surface area contributed by atoms with Crippen LogP contribution in [0, 0.1) is 0 Å². The van der Waals surface area contributed by atoms with E-state index in [9.17, 15) is 5.11 Å². The van der Waals surface area contributed by atoms with Crippen molar-refractivity contribution < 1.29 is 5.11 Å². The van der Waals surface area contributed by atoms with Gasteiger partial charge in [-0.3, -0.25) is 4.99 Å². The molecule has 1 fully saturated rings. The normalized spacial score (nSPS) is 19.2. The third kappa shape index (κ3) is 4.21. The zero-order valence-electron chi connectivity index (χ0n) is 12.4. The molecule has 20 heavy (non-hydrogen) atoms. The van der Waals surface area contributed by atoms with Gasteiger partial charge in [0.2, 0.25) is 0 Å². The zero-order valence-corrected chi connectivity index (χ0v) is 13.2. The number of thiophene rings is 1. The maximum atomic E-state index is 10.1. The van der Waals surface area contributed by atoms with Gasteiger partial charge in [-0.15, -0.1) is 0 Å². The standard InChI is InChI=1S/C15H25N3OS/c1-3-16-14(18-11-15(19)6-4-7-15)17-9-12(2)13-5-8-20-10-13/h5,8,10,12,19H,3-4,6-7,9,11H2,1-2H3,(H2,16,17,18). The summed E-state index contributed by atoms with van der Waals surface area (Å²) in [5.41, 5.74) is 0.803. The lowest BCUT2D eigenvalue weighted by molar-refractivity contribution is -0.0236. The second kappa shape index (κ2) is 7.09. The van der Waals surface area contributed by atoms with Crippen molar-refractivity contribution in [3.8, 4) is 0 Å². The summed E-state index contributed by atoms with van der Waals surface area (Å²) < 4.78 is 0. The van der Waals surface area contributed by atoms with E-state index in [1.165, 1.54) is 5.56 Å². The summed E-state index contributed by atoms with van der Waals surface area (Å²) in [5.74, 6) is 1.26. The minimum absolute atomic E-state index is 0.455. The average molecular weight is 295 g/mol. The smallest absolute Gasteiger partial charge is 0.191 e. The van der Waals surface area contributed by atoms with Gasteiger partial charge < -0.3 is 15.7 Å². The Bertz CT molecular complexity index is 426. The molecule has 0 spiro atoms. The molecule has 1 aliphatic rings. The van der Waals surface area contributed by atoms with Gasteiger partial charge in [0.1, 0.15) is 0 Å². The highest BCUT2D eigenvalue weighted by molar-refractivity contribution is 7.07. The number of aliphatic imine (C=N–C) groups is 1. The molecular formula is C15H25N3OS. The highest BCUT2D eigenvalue weighted by Crippen LogP contribution is 2.31. The van der Waals surface area contributed by atoms with Crippen LogP contribution in [0.5, 0.6) is 0 Å². The molecule has 0 radical (unpaired) electrons. The van der Waals surface area contributed by atoms with E-state index in [4.69, 9.17) is 0 Å². The summed E-state index contributed by atoms with van der Waals surface area (Å²) in [7, 11) is 0. The number of nitrogens with one attached hydrogen (secondary N) is 2. The van der Waals surface area contributed by atoms with Crippen molar-refractivity contribution in [2.24, 2.45) is 4.99 Å². The molecule has 3 N–H and O–H groups in total. The Labute approximate surface area is 125 Å². The van der Waals surface area contributed by atoms with Gasteiger partial charge in [-0.05, 0) is 54.5 Å². The van der Waals surface area contributed by atoms with Crippen LogP contribution in [-0.4, -0.2) is 36.3 Å². The lowest BCUT2D eigenvalue weighted by atomic mass is 9.80. The van der Waals surface area contributed by atoms with Crippen molar-refractivity contribution in [2.45, 2.75) is 44.6 Å². The van der Waals surface area contributed by atoms with Crippen molar-refractivity contribution in [1.82, 2.24) is 10.6 Å². The van der Waals surface area contributed by atoms with E-state index in [2.05, 4.69) is 46.3 Å². The Kier molecular flexibility index (Phi) is 5.43. The first-order valence-electron chi connectivity index (χ1n) is 7.39. The average Bonchev–Trinajstić information content (AvgIpc) is 2.93. The monoisotopic (exact) mass is 295 g/mol. The van der Waals surface area contributed by atoms with E-state index in [1.54, 1.807) is 11.3 Å². The predicted octanol–water partition coefficient (Wildman–Crippen LogP) is 2.32. The van der Waals surface area contributed by atoms with Crippen molar-refractivity contribution in [2.75, 3.05) is 19.6 Å². The SMILES string of the molecule is CCNC(=NCC1(O)CCC1)NCC(C)c1ccsc1. The third-order valence-corrected chi connectivity index (χ3v) is 4.55. The molecule has 1 aromatic rings. The summed E-state index contributed by atoms with van der Waals surface area (Å²) in [6, 6.07) is 2.16. The van der Waals surface area contributed by atoms with Crippen LogP contribution in [0.3, 0.4) is 0 Å². The molecule has 1 aromatic heterocycles. The minimum atomic E-state index is -0.554. The van der Waals surface area contributed by atoms with E-state index >= 15 is 0 Å². The summed E-state index contributed by atoms with van der Waals surface area (Å²) in [6.45, 7) is 6.43. The van der Waals surface area contributed by atoms with Crippen LogP contribution >= 0.6 is 11.3 Å². The maximum Gasteiger partial charge on any atom is 0.191 e. The third-order valence-electron chi connectivity index (χ3n) is 3.85. The Morgan fingerprint density at radius 2 is 2.30 bits per heavy atom. The summed E-state index contributed by atoms with van der Waals surface area (Å²) in [5, 5.41) is 21.0. The first-order valence-corrected chi connectivity index (χ1v) is 8.34. The highest BCUT2D eigenvalue weighted by atomic mass is 32.1. The lowest BCUT2D eigenvalue weighted by Gasteiger charge is -2.35. The molecule has 4 nitrogen and oxygen atoms in total. The lowest BCUT2D eigenvalue weighted by Crippen LogP contribution is -2.43. The largest absolute Gasteiger partial charge is 0.388 e. The van der Waals surface area contributed by atoms with Crippen LogP contribution in [0.4, 0.5) is 0 Å². The second-order valence-corrected chi connectivity index (χ2v) is 6.39. The molecule has 0 aliphatic heterocycles. The Morgan fingerprint density at radius 1 is 1.50 bits per heavy atom. The summed E-state index contributed by atoms with van der Waals surface area (Å²) in [6.07, 6.45) is 2.87. The summed E-state index contributed by atoms with van der Waals surface area (Å²) in [4.78, 5) is 4.51. The Hall–Kier alpha value is -1.07. The van der Waals surface area contributed by atoms with Crippen LogP contribution < -0.4 is 10.6 Å². The van der Waals surface area contributed by atoms with Crippen molar-refractivity contribution >= 4 is 17.3 Å². The first kappa shape index (κ1) is 15.3. The molecule has 0 saturated heterocycles. The number of aliphatic hydroxyl groups is 1. The van der Waals surface area contributed by atoms with Gasteiger partial charge in [0.25, 0.3) is 0 Å². The fourth-order valence-electron chi connectivity index (χ4n) is 2.23. The second-order valence-electron chi connectivity index (χ2n) is 5.61. The molecule has 1 saturated carbocycles. The number of rotatable bonds is 6. The van der Waals surface area contributed by atoms with Gasteiger partial charge in [-0.1, -0.05) is 6.92 Å². The molecule has 112 valence electrons. The molecule has 0 aromatic carbocycles. The van der Waals surface area contributed by atoms with Crippen LogP contribution in [-0.2, 0) is 0 Å². The van der Waals surface area contributed by atoms with Crippen LogP contribution in [0.2, 0.25) is 0 Å². The quantitative estimate of drug-likeness (QED) is 0.557. The zero-order chi connectivity index (χ0) is 14.4. The molecule has 5 heteroatoms. The van der Waals surface area contributed by atoms with Gasteiger partial charge in [0.05, 0.1) is 12.1 Å². The van der Waals surface area contributed by atoms with Crippen molar-refractivity contribution in [1.29, 1.82) is 0 Å². The molecule has 1 unspecified atom stereocenters.